The molecule has 0 aromatic carbocycles. The summed E-state index contributed by atoms with van der Waals surface area (Å²) in [5.74, 6) is 1.56. The number of rotatable bonds is 2. The van der Waals surface area contributed by atoms with Crippen LogP contribution in [-0.4, -0.2) is 20.8 Å². The van der Waals surface area contributed by atoms with E-state index in [4.69, 9.17) is 0 Å². The smallest absolute Gasteiger partial charge is 0.230 e. The van der Waals surface area contributed by atoms with Crippen LogP contribution in [0.25, 0.3) is 5.70 Å². The lowest BCUT2D eigenvalue weighted by Crippen LogP contribution is -2.20. The average Bonchev–Trinajstić information content (AvgIpc) is 2.89. The Labute approximate surface area is 110 Å². The summed E-state index contributed by atoms with van der Waals surface area (Å²) in [6, 6.07) is 7.80. The van der Waals surface area contributed by atoms with Gasteiger partial charge in [-0.2, -0.15) is 0 Å². The van der Waals surface area contributed by atoms with Crippen LogP contribution in [0.1, 0.15) is 11.4 Å². The highest BCUT2D eigenvalue weighted by atomic mass is 32.2. The molecule has 0 amide bonds. The van der Waals surface area contributed by atoms with Gasteiger partial charge < -0.3 is 0 Å². The number of hydrogen-bond acceptors (Lipinski definition) is 5. The van der Waals surface area contributed by atoms with E-state index in [1.807, 2.05) is 31.2 Å². The van der Waals surface area contributed by atoms with Crippen LogP contribution in [0.3, 0.4) is 0 Å². The molecule has 0 aliphatic carbocycles. The topological polar surface area (TPSA) is 41.9 Å². The first-order chi connectivity index (χ1) is 8.84. The number of thioether (sulfide) groups is 1. The molecule has 0 fully saturated rings. The minimum absolute atomic E-state index is 0.733. The maximum Gasteiger partial charge on any atom is 0.230 e. The Bertz CT molecular complexity index is 583. The first-order valence-corrected chi connectivity index (χ1v) is 6.70. The van der Waals surface area contributed by atoms with Gasteiger partial charge in [0.2, 0.25) is 5.95 Å². The Balaban J connectivity index is 1.97. The van der Waals surface area contributed by atoms with E-state index >= 15 is 0 Å². The number of aromatic nitrogens is 3. The summed E-state index contributed by atoms with van der Waals surface area (Å²) in [4.78, 5) is 15.3. The molecule has 0 spiro atoms. The van der Waals surface area contributed by atoms with E-state index in [9.17, 15) is 0 Å². The molecular weight excluding hydrogens is 244 g/mol. The molecule has 18 heavy (non-hydrogen) atoms. The third-order valence-electron chi connectivity index (χ3n) is 2.64. The van der Waals surface area contributed by atoms with Gasteiger partial charge in [0.05, 0.1) is 17.3 Å². The van der Waals surface area contributed by atoms with E-state index in [0.29, 0.717) is 0 Å². The molecule has 2 aromatic rings. The molecule has 2 aromatic heterocycles. The number of pyridine rings is 1. The first kappa shape index (κ1) is 11.2. The summed E-state index contributed by atoms with van der Waals surface area (Å²) in [6.07, 6.45) is 3.59. The second kappa shape index (κ2) is 4.78. The van der Waals surface area contributed by atoms with Crippen LogP contribution in [0.5, 0.6) is 0 Å². The van der Waals surface area contributed by atoms with Crippen molar-refractivity contribution in [3.05, 3.63) is 53.5 Å². The Hall–Kier alpha value is -1.88. The Morgan fingerprint density at radius 1 is 1.17 bits per heavy atom. The standard InChI is InChI=1S/C13H12N4S/c1-10-5-7-15-13(16-10)17-9-18-8-12(17)11-4-2-3-6-14-11/h2-8H,9H2,1H3. The molecule has 0 unspecified atom stereocenters. The monoisotopic (exact) mass is 256 g/mol. The van der Waals surface area contributed by atoms with Crippen molar-refractivity contribution in [2.24, 2.45) is 0 Å². The van der Waals surface area contributed by atoms with Crippen LogP contribution in [0, 0.1) is 6.92 Å². The van der Waals surface area contributed by atoms with Crippen molar-refractivity contribution in [3.63, 3.8) is 0 Å². The van der Waals surface area contributed by atoms with Gasteiger partial charge in [-0.05, 0) is 30.5 Å². The van der Waals surface area contributed by atoms with Crippen LogP contribution >= 0.6 is 11.8 Å². The molecule has 0 atom stereocenters. The highest BCUT2D eigenvalue weighted by Gasteiger charge is 2.21. The van der Waals surface area contributed by atoms with Crippen molar-refractivity contribution < 1.29 is 0 Å². The van der Waals surface area contributed by atoms with Gasteiger partial charge in [0, 0.05) is 18.1 Å². The molecule has 4 nitrogen and oxygen atoms in total. The largest absolute Gasteiger partial charge is 0.298 e. The molecule has 0 saturated heterocycles. The minimum Gasteiger partial charge on any atom is -0.298 e. The van der Waals surface area contributed by atoms with Crippen LogP contribution in [-0.2, 0) is 0 Å². The normalized spacial score (nSPS) is 14.7. The van der Waals surface area contributed by atoms with Gasteiger partial charge in [0.1, 0.15) is 0 Å². The summed E-state index contributed by atoms with van der Waals surface area (Å²) < 4.78 is 0. The highest BCUT2D eigenvalue weighted by molar-refractivity contribution is 8.02. The molecule has 1 aliphatic rings. The molecule has 0 bridgehead atoms. The molecule has 0 N–H and O–H groups in total. The van der Waals surface area contributed by atoms with Crippen molar-refractivity contribution in [2.75, 3.05) is 10.8 Å². The van der Waals surface area contributed by atoms with Gasteiger partial charge in [0.15, 0.2) is 0 Å². The Morgan fingerprint density at radius 3 is 2.89 bits per heavy atom. The maximum atomic E-state index is 4.46. The summed E-state index contributed by atoms with van der Waals surface area (Å²) in [7, 11) is 0. The summed E-state index contributed by atoms with van der Waals surface area (Å²) in [5, 5.41) is 2.11. The molecule has 5 heteroatoms. The van der Waals surface area contributed by atoms with Gasteiger partial charge in [-0.25, -0.2) is 9.97 Å². The minimum atomic E-state index is 0.733. The third kappa shape index (κ3) is 2.09. The first-order valence-electron chi connectivity index (χ1n) is 5.65. The molecular formula is C13H12N4S. The second-order valence-electron chi connectivity index (χ2n) is 3.94. The van der Waals surface area contributed by atoms with Gasteiger partial charge in [-0.1, -0.05) is 6.07 Å². The van der Waals surface area contributed by atoms with Gasteiger partial charge in [-0.15, -0.1) is 11.8 Å². The summed E-state index contributed by atoms with van der Waals surface area (Å²) in [6.45, 7) is 1.97. The van der Waals surface area contributed by atoms with E-state index in [1.165, 1.54) is 0 Å². The zero-order chi connectivity index (χ0) is 12.4. The third-order valence-corrected chi connectivity index (χ3v) is 3.44. The SMILES string of the molecule is Cc1ccnc(N2CSC=C2c2ccccn2)n1. The number of nitrogens with zero attached hydrogens (tertiary/aromatic N) is 4. The fourth-order valence-corrected chi connectivity index (χ4v) is 2.65. The fourth-order valence-electron chi connectivity index (χ4n) is 1.77. The molecule has 0 saturated carbocycles. The Kier molecular flexibility index (Phi) is 2.98. The molecule has 3 rings (SSSR count). The predicted octanol–water partition coefficient (Wildman–Crippen LogP) is 2.69. The molecule has 90 valence electrons. The number of anilines is 1. The summed E-state index contributed by atoms with van der Waals surface area (Å²) >= 11 is 1.73. The highest BCUT2D eigenvalue weighted by Crippen LogP contribution is 2.32. The van der Waals surface area contributed by atoms with Crippen molar-refractivity contribution in [1.82, 2.24) is 15.0 Å². The quantitative estimate of drug-likeness (QED) is 0.826. The van der Waals surface area contributed by atoms with E-state index in [-0.39, 0.29) is 0 Å². The molecule has 3 heterocycles. The molecule has 0 radical (unpaired) electrons. The van der Waals surface area contributed by atoms with Crippen molar-refractivity contribution in [1.29, 1.82) is 0 Å². The van der Waals surface area contributed by atoms with Crippen molar-refractivity contribution in [2.45, 2.75) is 6.92 Å². The van der Waals surface area contributed by atoms with Gasteiger partial charge in [0.25, 0.3) is 0 Å². The predicted molar refractivity (Wildman–Crippen MR) is 73.9 cm³/mol. The Morgan fingerprint density at radius 2 is 2.11 bits per heavy atom. The average molecular weight is 256 g/mol. The molecule has 1 aliphatic heterocycles. The van der Waals surface area contributed by atoms with Crippen LogP contribution in [0.4, 0.5) is 5.95 Å². The van der Waals surface area contributed by atoms with Crippen LogP contribution < -0.4 is 4.90 Å². The lowest BCUT2D eigenvalue weighted by atomic mass is 10.3. The van der Waals surface area contributed by atoms with Gasteiger partial charge >= 0.3 is 0 Å². The summed E-state index contributed by atoms with van der Waals surface area (Å²) in [5.41, 5.74) is 2.98. The fraction of sp³-hybridized carbons (Fsp3) is 0.154. The van der Waals surface area contributed by atoms with E-state index in [2.05, 4.69) is 25.3 Å². The van der Waals surface area contributed by atoms with E-state index in [1.54, 1.807) is 24.2 Å². The maximum absolute atomic E-state index is 4.46. The van der Waals surface area contributed by atoms with E-state index < -0.39 is 0 Å². The second-order valence-corrected chi connectivity index (χ2v) is 4.77. The van der Waals surface area contributed by atoms with Crippen molar-refractivity contribution in [3.8, 4) is 0 Å². The number of aryl methyl sites for hydroxylation is 1. The zero-order valence-corrected chi connectivity index (χ0v) is 10.8. The van der Waals surface area contributed by atoms with E-state index in [0.717, 1.165) is 28.9 Å². The van der Waals surface area contributed by atoms with Gasteiger partial charge in [-0.3, -0.25) is 9.88 Å². The zero-order valence-electron chi connectivity index (χ0n) is 9.95. The number of hydrogen-bond donors (Lipinski definition) is 0. The van der Waals surface area contributed by atoms with Crippen LogP contribution in [0.2, 0.25) is 0 Å². The van der Waals surface area contributed by atoms with Crippen LogP contribution in [0.15, 0.2) is 42.1 Å². The lowest BCUT2D eigenvalue weighted by Gasteiger charge is -2.18. The lowest BCUT2D eigenvalue weighted by molar-refractivity contribution is 1.00. The van der Waals surface area contributed by atoms with Crippen molar-refractivity contribution >= 4 is 23.4 Å².